The highest BCUT2D eigenvalue weighted by Crippen LogP contribution is 2.24. The predicted molar refractivity (Wildman–Crippen MR) is 90.5 cm³/mol. The molecule has 1 amide bonds. The molecule has 0 aliphatic heterocycles. The van der Waals surface area contributed by atoms with Crippen molar-refractivity contribution in [2.75, 3.05) is 14.2 Å². The van der Waals surface area contributed by atoms with Gasteiger partial charge < -0.3 is 23.2 Å². The summed E-state index contributed by atoms with van der Waals surface area (Å²) < 4.78 is 21.3. The van der Waals surface area contributed by atoms with Crippen molar-refractivity contribution in [3.63, 3.8) is 0 Å². The molecule has 0 saturated heterocycles. The highest BCUT2D eigenvalue weighted by molar-refractivity contribution is 5.95. The molecule has 1 aromatic carbocycles. The van der Waals surface area contributed by atoms with E-state index in [-0.39, 0.29) is 5.91 Å². The fourth-order valence-corrected chi connectivity index (χ4v) is 2.49. The quantitative estimate of drug-likeness (QED) is 0.655. The van der Waals surface area contributed by atoms with Gasteiger partial charge in [-0.1, -0.05) is 0 Å². The first-order valence-corrected chi connectivity index (χ1v) is 7.76. The summed E-state index contributed by atoms with van der Waals surface area (Å²) in [6.45, 7) is 0.651. The van der Waals surface area contributed by atoms with Crippen molar-refractivity contribution >= 4 is 5.91 Å². The third kappa shape index (κ3) is 4.03. The fourth-order valence-electron chi connectivity index (χ4n) is 2.49. The van der Waals surface area contributed by atoms with Gasteiger partial charge in [-0.3, -0.25) is 4.79 Å². The summed E-state index contributed by atoms with van der Waals surface area (Å²) in [5.74, 6) is 2.31. The predicted octanol–water partition coefficient (Wildman–Crippen LogP) is 3.73. The number of carbonyl (C=O) groups is 1. The summed E-state index contributed by atoms with van der Waals surface area (Å²) in [5, 5.41) is 0. The highest BCUT2D eigenvalue weighted by atomic mass is 16.5. The summed E-state index contributed by atoms with van der Waals surface area (Å²) in [5.41, 5.74) is 0.467. The number of hydrogen-bond acceptors (Lipinski definition) is 5. The standard InChI is InChI=1S/C19H19NO5/c1-22-17-9-14(10-18(11-17)23-2)19(21)20(12-15-5-3-7-24-15)13-16-6-4-8-25-16/h3-11H,12-13H2,1-2H3. The van der Waals surface area contributed by atoms with Gasteiger partial charge in [0.15, 0.2) is 0 Å². The molecule has 0 spiro atoms. The average molecular weight is 341 g/mol. The number of hydrogen-bond donors (Lipinski definition) is 0. The molecule has 3 rings (SSSR count). The Balaban J connectivity index is 1.90. The maximum absolute atomic E-state index is 13.1. The van der Waals surface area contributed by atoms with E-state index in [0.717, 1.165) is 0 Å². The van der Waals surface area contributed by atoms with E-state index in [1.165, 1.54) is 0 Å². The lowest BCUT2D eigenvalue weighted by Crippen LogP contribution is -2.29. The van der Waals surface area contributed by atoms with E-state index in [1.807, 2.05) is 12.1 Å². The molecule has 6 nitrogen and oxygen atoms in total. The van der Waals surface area contributed by atoms with E-state index in [2.05, 4.69) is 0 Å². The van der Waals surface area contributed by atoms with Crippen molar-refractivity contribution in [3.05, 3.63) is 72.1 Å². The normalized spacial score (nSPS) is 10.5. The van der Waals surface area contributed by atoms with Crippen LogP contribution in [0.15, 0.2) is 63.8 Å². The Morgan fingerprint density at radius 3 is 1.84 bits per heavy atom. The van der Waals surface area contributed by atoms with Crippen molar-refractivity contribution in [1.29, 1.82) is 0 Å². The van der Waals surface area contributed by atoms with Crippen molar-refractivity contribution < 1.29 is 23.1 Å². The molecule has 0 bridgehead atoms. The van der Waals surface area contributed by atoms with E-state index in [9.17, 15) is 4.79 Å². The van der Waals surface area contributed by atoms with Crippen molar-refractivity contribution in [2.45, 2.75) is 13.1 Å². The zero-order chi connectivity index (χ0) is 17.6. The third-order valence-electron chi connectivity index (χ3n) is 3.74. The molecule has 0 fully saturated rings. The molecule has 2 aromatic heterocycles. The second-order valence-electron chi connectivity index (χ2n) is 5.42. The number of methoxy groups -OCH3 is 2. The van der Waals surface area contributed by atoms with E-state index in [4.69, 9.17) is 18.3 Å². The number of ether oxygens (including phenoxy) is 2. The first-order valence-electron chi connectivity index (χ1n) is 7.76. The van der Waals surface area contributed by atoms with Crippen LogP contribution in [0, 0.1) is 0 Å². The fraction of sp³-hybridized carbons (Fsp3) is 0.211. The lowest BCUT2D eigenvalue weighted by Gasteiger charge is -2.21. The minimum Gasteiger partial charge on any atom is -0.497 e. The Labute approximate surface area is 145 Å². The molecule has 0 unspecified atom stereocenters. The maximum Gasteiger partial charge on any atom is 0.254 e. The summed E-state index contributed by atoms with van der Waals surface area (Å²) >= 11 is 0. The molecular formula is C19H19NO5. The minimum atomic E-state index is -0.176. The Morgan fingerprint density at radius 2 is 1.44 bits per heavy atom. The minimum absolute atomic E-state index is 0.176. The topological polar surface area (TPSA) is 65.1 Å². The Morgan fingerprint density at radius 1 is 0.920 bits per heavy atom. The van der Waals surface area contributed by atoms with Crippen molar-refractivity contribution in [3.8, 4) is 11.5 Å². The molecule has 0 aliphatic rings. The van der Waals surface area contributed by atoms with Crippen molar-refractivity contribution in [1.82, 2.24) is 4.90 Å². The van der Waals surface area contributed by atoms with Crippen LogP contribution in [0.25, 0.3) is 0 Å². The van der Waals surface area contributed by atoms with Crippen LogP contribution in [0.5, 0.6) is 11.5 Å². The molecule has 0 atom stereocenters. The van der Waals surface area contributed by atoms with Crippen LogP contribution in [0.2, 0.25) is 0 Å². The van der Waals surface area contributed by atoms with Crippen molar-refractivity contribution in [2.24, 2.45) is 0 Å². The van der Waals surface area contributed by atoms with Gasteiger partial charge >= 0.3 is 0 Å². The van der Waals surface area contributed by atoms with Gasteiger partial charge in [0, 0.05) is 11.6 Å². The Hall–Kier alpha value is -3.15. The summed E-state index contributed by atoms with van der Waals surface area (Å²) in [4.78, 5) is 14.7. The monoisotopic (exact) mass is 341 g/mol. The molecule has 0 aliphatic carbocycles. The lowest BCUT2D eigenvalue weighted by atomic mass is 10.1. The summed E-state index contributed by atoms with van der Waals surface area (Å²) in [6, 6.07) is 12.3. The van der Waals surface area contributed by atoms with Gasteiger partial charge in [-0.15, -0.1) is 0 Å². The summed E-state index contributed by atoms with van der Waals surface area (Å²) in [6.07, 6.45) is 3.17. The molecule has 25 heavy (non-hydrogen) atoms. The Kier molecular flexibility index (Phi) is 5.09. The van der Waals surface area contributed by atoms with Crippen LogP contribution in [-0.4, -0.2) is 25.0 Å². The van der Waals surface area contributed by atoms with Gasteiger partial charge in [-0.2, -0.15) is 0 Å². The van der Waals surface area contributed by atoms with Crippen LogP contribution in [0.4, 0.5) is 0 Å². The Bertz CT molecular complexity index is 750. The van der Waals surface area contributed by atoms with E-state index < -0.39 is 0 Å². The van der Waals surface area contributed by atoms with Crippen LogP contribution in [0.3, 0.4) is 0 Å². The summed E-state index contributed by atoms with van der Waals surface area (Å²) in [7, 11) is 3.10. The second-order valence-corrected chi connectivity index (χ2v) is 5.42. The zero-order valence-corrected chi connectivity index (χ0v) is 14.1. The highest BCUT2D eigenvalue weighted by Gasteiger charge is 2.20. The molecular weight excluding hydrogens is 322 g/mol. The average Bonchev–Trinajstić information content (AvgIpc) is 3.34. The van der Waals surface area contributed by atoms with Gasteiger partial charge in [0.1, 0.15) is 23.0 Å². The molecule has 0 radical (unpaired) electrons. The van der Waals surface area contributed by atoms with Crippen LogP contribution < -0.4 is 9.47 Å². The smallest absolute Gasteiger partial charge is 0.254 e. The van der Waals surface area contributed by atoms with Crippen LogP contribution in [0.1, 0.15) is 21.9 Å². The van der Waals surface area contributed by atoms with Gasteiger partial charge in [-0.25, -0.2) is 0 Å². The molecule has 6 heteroatoms. The number of nitrogens with zero attached hydrogens (tertiary/aromatic N) is 1. The molecule has 130 valence electrons. The zero-order valence-electron chi connectivity index (χ0n) is 14.1. The molecule has 3 aromatic rings. The van der Waals surface area contributed by atoms with Crippen LogP contribution >= 0.6 is 0 Å². The number of amides is 1. The largest absolute Gasteiger partial charge is 0.497 e. The molecule has 0 saturated carbocycles. The third-order valence-corrected chi connectivity index (χ3v) is 3.74. The van der Waals surface area contributed by atoms with Crippen LogP contribution in [-0.2, 0) is 13.1 Å². The molecule has 2 heterocycles. The van der Waals surface area contributed by atoms with E-state index in [1.54, 1.807) is 62.0 Å². The number of furan rings is 2. The van der Waals surface area contributed by atoms with E-state index in [0.29, 0.717) is 41.7 Å². The SMILES string of the molecule is COc1cc(OC)cc(C(=O)N(Cc2ccco2)Cc2ccco2)c1. The lowest BCUT2D eigenvalue weighted by molar-refractivity contribution is 0.0704. The van der Waals surface area contributed by atoms with Gasteiger partial charge in [0.05, 0.1) is 39.8 Å². The van der Waals surface area contributed by atoms with Gasteiger partial charge in [0.2, 0.25) is 0 Å². The second kappa shape index (κ2) is 7.61. The number of rotatable bonds is 7. The molecule has 0 N–H and O–H groups in total. The number of benzene rings is 1. The van der Waals surface area contributed by atoms with E-state index >= 15 is 0 Å². The first kappa shape index (κ1) is 16.7. The first-order chi connectivity index (χ1) is 12.2. The number of carbonyl (C=O) groups excluding carboxylic acids is 1. The van der Waals surface area contributed by atoms with Gasteiger partial charge in [0.25, 0.3) is 5.91 Å². The van der Waals surface area contributed by atoms with Gasteiger partial charge in [-0.05, 0) is 36.4 Å². The maximum atomic E-state index is 13.1.